The normalized spacial score (nSPS) is 11.9. The van der Waals surface area contributed by atoms with Gasteiger partial charge < -0.3 is 9.88 Å². The van der Waals surface area contributed by atoms with E-state index in [1.54, 1.807) is 0 Å². The summed E-state index contributed by atoms with van der Waals surface area (Å²) < 4.78 is 2.28. The summed E-state index contributed by atoms with van der Waals surface area (Å²) in [5, 5.41) is 3.10. The predicted molar refractivity (Wildman–Crippen MR) is 125 cm³/mol. The van der Waals surface area contributed by atoms with Crippen LogP contribution in [-0.2, 0) is 23.2 Å². The monoisotopic (exact) mass is 405 g/mol. The van der Waals surface area contributed by atoms with Gasteiger partial charge in [0.15, 0.2) is 0 Å². The molecule has 1 aromatic heterocycles. The lowest BCUT2D eigenvalue weighted by Gasteiger charge is -2.19. The summed E-state index contributed by atoms with van der Waals surface area (Å²) >= 11 is 0. The largest absolute Gasteiger partial charge is 0.355 e. The molecule has 0 atom stereocenters. The Morgan fingerprint density at radius 2 is 1.70 bits per heavy atom. The summed E-state index contributed by atoms with van der Waals surface area (Å²) in [6.45, 7) is 12.2. The SMILES string of the molecule is CCC(CC)C(=O)NCCc1nc2ccccc2n1Cc1ccc(C(C)(C)C)cc1. The number of aromatic nitrogens is 2. The second-order valence-corrected chi connectivity index (χ2v) is 9.10. The molecule has 1 amide bonds. The molecule has 4 heteroatoms. The molecule has 1 N–H and O–H groups in total. The Hall–Kier alpha value is -2.62. The van der Waals surface area contributed by atoms with E-state index in [9.17, 15) is 4.79 Å². The van der Waals surface area contributed by atoms with Crippen molar-refractivity contribution in [2.45, 2.75) is 65.8 Å². The van der Waals surface area contributed by atoms with E-state index in [-0.39, 0.29) is 17.2 Å². The third-order valence-electron chi connectivity index (χ3n) is 5.90. The molecular formula is C26H35N3O. The molecule has 0 saturated carbocycles. The van der Waals surface area contributed by atoms with E-state index in [0.717, 1.165) is 42.7 Å². The maximum Gasteiger partial charge on any atom is 0.223 e. The lowest BCUT2D eigenvalue weighted by molar-refractivity contribution is -0.125. The highest BCUT2D eigenvalue weighted by atomic mass is 16.1. The van der Waals surface area contributed by atoms with Crippen LogP contribution in [0.25, 0.3) is 11.0 Å². The molecule has 160 valence electrons. The van der Waals surface area contributed by atoms with Gasteiger partial charge in [-0.25, -0.2) is 4.98 Å². The molecule has 4 nitrogen and oxygen atoms in total. The molecule has 0 aliphatic heterocycles. The van der Waals surface area contributed by atoms with Crippen molar-refractivity contribution in [2.24, 2.45) is 5.92 Å². The molecule has 0 bridgehead atoms. The van der Waals surface area contributed by atoms with Crippen molar-refractivity contribution in [3.63, 3.8) is 0 Å². The zero-order valence-electron chi connectivity index (χ0n) is 19.0. The van der Waals surface area contributed by atoms with Gasteiger partial charge in [-0.3, -0.25) is 4.79 Å². The summed E-state index contributed by atoms with van der Waals surface area (Å²) in [6, 6.07) is 17.1. The van der Waals surface area contributed by atoms with Crippen LogP contribution in [-0.4, -0.2) is 22.0 Å². The number of benzene rings is 2. The van der Waals surface area contributed by atoms with Crippen molar-refractivity contribution in [3.05, 3.63) is 65.5 Å². The van der Waals surface area contributed by atoms with E-state index < -0.39 is 0 Å². The first kappa shape index (κ1) is 22.1. The summed E-state index contributed by atoms with van der Waals surface area (Å²) in [7, 11) is 0. The minimum Gasteiger partial charge on any atom is -0.355 e. The average Bonchev–Trinajstić information content (AvgIpc) is 3.06. The van der Waals surface area contributed by atoms with Gasteiger partial charge in [0.05, 0.1) is 11.0 Å². The molecule has 3 aromatic rings. The Balaban J connectivity index is 1.79. The van der Waals surface area contributed by atoms with Crippen LogP contribution in [0.1, 0.15) is 64.4 Å². The van der Waals surface area contributed by atoms with Crippen molar-refractivity contribution in [2.75, 3.05) is 6.54 Å². The Labute approximate surface area is 180 Å². The standard InChI is InChI=1S/C26H35N3O/c1-6-20(7-2)25(30)27-17-16-24-28-22-10-8-9-11-23(22)29(24)18-19-12-14-21(15-13-19)26(3,4)5/h8-15,20H,6-7,16-18H2,1-5H3,(H,27,30). The van der Waals surface area contributed by atoms with E-state index in [4.69, 9.17) is 4.98 Å². The lowest BCUT2D eigenvalue weighted by atomic mass is 9.87. The quantitative estimate of drug-likeness (QED) is 0.540. The zero-order chi connectivity index (χ0) is 21.7. The van der Waals surface area contributed by atoms with E-state index in [2.05, 4.69) is 87.0 Å². The van der Waals surface area contributed by atoms with Crippen molar-refractivity contribution in [1.82, 2.24) is 14.9 Å². The predicted octanol–water partition coefficient (Wildman–Crippen LogP) is 5.48. The summed E-state index contributed by atoms with van der Waals surface area (Å²) in [5.41, 5.74) is 4.89. The number of carbonyl (C=O) groups is 1. The minimum absolute atomic E-state index is 0.102. The van der Waals surface area contributed by atoms with Gasteiger partial charge in [0.2, 0.25) is 5.91 Å². The number of amides is 1. The Morgan fingerprint density at radius 3 is 2.33 bits per heavy atom. The molecule has 2 aromatic carbocycles. The smallest absolute Gasteiger partial charge is 0.223 e. The van der Waals surface area contributed by atoms with Gasteiger partial charge >= 0.3 is 0 Å². The van der Waals surface area contributed by atoms with Crippen LogP contribution in [0.4, 0.5) is 0 Å². The van der Waals surface area contributed by atoms with Crippen LogP contribution in [0.3, 0.4) is 0 Å². The first-order valence-electron chi connectivity index (χ1n) is 11.1. The number of imidazole rings is 1. The maximum atomic E-state index is 12.3. The molecule has 0 saturated heterocycles. The van der Waals surface area contributed by atoms with E-state index in [0.29, 0.717) is 6.54 Å². The second-order valence-electron chi connectivity index (χ2n) is 9.10. The Bertz CT molecular complexity index is 976. The number of fused-ring (bicyclic) bond motifs is 1. The van der Waals surface area contributed by atoms with Gasteiger partial charge in [-0.1, -0.05) is 71.0 Å². The third-order valence-corrected chi connectivity index (χ3v) is 5.90. The first-order chi connectivity index (χ1) is 14.3. The summed E-state index contributed by atoms with van der Waals surface area (Å²) in [4.78, 5) is 17.2. The average molecular weight is 406 g/mol. The fourth-order valence-corrected chi connectivity index (χ4v) is 3.89. The number of rotatable bonds is 8. The number of hydrogen-bond donors (Lipinski definition) is 1. The number of nitrogens with zero attached hydrogens (tertiary/aromatic N) is 2. The lowest BCUT2D eigenvalue weighted by Crippen LogP contribution is -2.32. The van der Waals surface area contributed by atoms with Crippen LogP contribution >= 0.6 is 0 Å². The highest BCUT2D eigenvalue weighted by Crippen LogP contribution is 2.23. The first-order valence-corrected chi connectivity index (χ1v) is 11.1. The number of hydrogen-bond acceptors (Lipinski definition) is 2. The topological polar surface area (TPSA) is 46.9 Å². The molecule has 1 heterocycles. The highest BCUT2D eigenvalue weighted by molar-refractivity contribution is 5.78. The summed E-state index contributed by atoms with van der Waals surface area (Å²) in [6.07, 6.45) is 2.48. The molecule has 0 fully saturated rings. The molecule has 3 rings (SSSR count). The number of carbonyl (C=O) groups excluding carboxylic acids is 1. The van der Waals surface area contributed by atoms with E-state index >= 15 is 0 Å². The van der Waals surface area contributed by atoms with Gasteiger partial charge in [0, 0.05) is 25.4 Å². The number of para-hydroxylation sites is 2. The van der Waals surface area contributed by atoms with Crippen molar-refractivity contribution in [1.29, 1.82) is 0 Å². The van der Waals surface area contributed by atoms with Gasteiger partial charge in [-0.05, 0) is 41.5 Å². The zero-order valence-corrected chi connectivity index (χ0v) is 19.0. The fraction of sp³-hybridized carbons (Fsp3) is 0.462. The minimum atomic E-state index is 0.102. The van der Waals surface area contributed by atoms with Crippen LogP contribution in [0.15, 0.2) is 48.5 Å². The third kappa shape index (κ3) is 5.10. The Kier molecular flexibility index (Phi) is 6.96. The maximum absolute atomic E-state index is 12.3. The summed E-state index contributed by atoms with van der Waals surface area (Å²) in [5.74, 6) is 1.27. The van der Waals surface area contributed by atoms with Crippen LogP contribution in [0.5, 0.6) is 0 Å². The molecule has 0 aliphatic rings. The second kappa shape index (κ2) is 9.46. The van der Waals surface area contributed by atoms with Crippen LogP contribution < -0.4 is 5.32 Å². The van der Waals surface area contributed by atoms with Crippen molar-refractivity contribution >= 4 is 16.9 Å². The molecular weight excluding hydrogens is 370 g/mol. The van der Waals surface area contributed by atoms with Crippen molar-refractivity contribution < 1.29 is 4.79 Å². The van der Waals surface area contributed by atoms with E-state index in [1.807, 2.05) is 6.07 Å². The van der Waals surface area contributed by atoms with Crippen molar-refractivity contribution in [3.8, 4) is 0 Å². The van der Waals surface area contributed by atoms with Crippen LogP contribution in [0, 0.1) is 5.92 Å². The van der Waals surface area contributed by atoms with Gasteiger partial charge in [-0.15, -0.1) is 0 Å². The fourth-order valence-electron chi connectivity index (χ4n) is 3.89. The molecule has 0 spiro atoms. The van der Waals surface area contributed by atoms with Crippen LogP contribution in [0.2, 0.25) is 0 Å². The highest BCUT2D eigenvalue weighted by Gasteiger charge is 2.16. The van der Waals surface area contributed by atoms with Gasteiger partial charge in [0.1, 0.15) is 5.82 Å². The molecule has 0 unspecified atom stereocenters. The van der Waals surface area contributed by atoms with Gasteiger partial charge in [0.25, 0.3) is 0 Å². The molecule has 0 aliphatic carbocycles. The number of nitrogens with one attached hydrogen (secondary N) is 1. The molecule has 0 radical (unpaired) electrons. The molecule has 30 heavy (non-hydrogen) atoms. The Morgan fingerprint density at radius 1 is 1.03 bits per heavy atom. The van der Waals surface area contributed by atoms with E-state index in [1.165, 1.54) is 11.1 Å². The van der Waals surface area contributed by atoms with Gasteiger partial charge in [-0.2, -0.15) is 0 Å².